The third kappa shape index (κ3) is 3.37. The normalized spacial score (nSPS) is 10.2. The Morgan fingerprint density at radius 2 is 2.05 bits per heavy atom. The lowest BCUT2D eigenvalue weighted by Gasteiger charge is -2.10. The Morgan fingerprint density at radius 1 is 1.26 bits per heavy atom. The van der Waals surface area contributed by atoms with E-state index < -0.39 is 0 Å². The first-order chi connectivity index (χ1) is 9.20. The van der Waals surface area contributed by atoms with E-state index in [1.807, 2.05) is 37.3 Å². The summed E-state index contributed by atoms with van der Waals surface area (Å²) in [6.07, 6.45) is 0. The van der Waals surface area contributed by atoms with Gasteiger partial charge in [0.05, 0.1) is 18.7 Å². The third-order valence-corrected chi connectivity index (χ3v) is 2.67. The quantitative estimate of drug-likeness (QED) is 0.836. The van der Waals surface area contributed by atoms with Gasteiger partial charge in [-0.1, -0.05) is 12.1 Å². The Labute approximate surface area is 112 Å². The van der Waals surface area contributed by atoms with Crippen LogP contribution in [0.2, 0.25) is 0 Å². The van der Waals surface area contributed by atoms with Crippen LogP contribution in [0.4, 0.5) is 5.69 Å². The van der Waals surface area contributed by atoms with E-state index in [-0.39, 0.29) is 5.97 Å². The largest absolute Gasteiger partial charge is 0.465 e. The van der Waals surface area contributed by atoms with Gasteiger partial charge in [-0.2, -0.15) is 0 Å². The van der Waals surface area contributed by atoms with Crippen molar-refractivity contribution in [2.45, 2.75) is 20.4 Å². The number of carbonyl (C=O) groups excluding carboxylic acids is 1. The first kappa shape index (κ1) is 13.2. The standard InChI is InChI=1S/C15H17NO3/c1-3-18-15(17)13-6-4-5-7-14(13)16-10-12-9-8-11(2)19-12/h4-9,16H,3,10H2,1-2H3. The van der Waals surface area contributed by atoms with Gasteiger partial charge in [0, 0.05) is 5.69 Å². The minimum Gasteiger partial charge on any atom is -0.465 e. The van der Waals surface area contributed by atoms with Crippen LogP contribution in [0.3, 0.4) is 0 Å². The molecule has 0 aliphatic carbocycles. The summed E-state index contributed by atoms with van der Waals surface area (Å²) >= 11 is 0. The zero-order chi connectivity index (χ0) is 13.7. The first-order valence-corrected chi connectivity index (χ1v) is 6.26. The van der Waals surface area contributed by atoms with E-state index in [1.165, 1.54) is 0 Å². The SMILES string of the molecule is CCOC(=O)c1ccccc1NCc1ccc(C)o1. The summed E-state index contributed by atoms with van der Waals surface area (Å²) < 4.78 is 10.5. The molecule has 1 aromatic carbocycles. The molecule has 0 bridgehead atoms. The van der Waals surface area contributed by atoms with Crippen LogP contribution in [0.25, 0.3) is 0 Å². The number of carbonyl (C=O) groups is 1. The van der Waals surface area contributed by atoms with Crippen LogP contribution in [0, 0.1) is 6.92 Å². The fourth-order valence-electron chi connectivity index (χ4n) is 1.79. The van der Waals surface area contributed by atoms with Crippen molar-refractivity contribution in [3.63, 3.8) is 0 Å². The molecule has 4 heteroatoms. The molecule has 0 radical (unpaired) electrons. The second-order valence-electron chi connectivity index (χ2n) is 4.13. The highest BCUT2D eigenvalue weighted by atomic mass is 16.5. The van der Waals surface area contributed by atoms with Gasteiger partial charge >= 0.3 is 5.97 Å². The van der Waals surface area contributed by atoms with Gasteiger partial charge in [0.25, 0.3) is 0 Å². The van der Waals surface area contributed by atoms with Crippen LogP contribution in [0.5, 0.6) is 0 Å². The molecule has 0 aliphatic rings. The highest BCUT2D eigenvalue weighted by Gasteiger charge is 2.11. The zero-order valence-corrected chi connectivity index (χ0v) is 11.1. The molecule has 0 spiro atoms. The van der Waals surface area contributed by atoms with Crippen molar-refractivity contribution in [2.24, 2.45) is 0 Å². The molecule has 100 valence electrons. The summed E-state index contributed by atoms with van der Waals surface area (Å²) in [6.45, 7) is 4.59. The van der Waals surface area contributed by atoms with Crippen LogP contribution in [-0.2, 0) is 11.3 Å². The molecule has 0 amide bonds. The lowest BCUT2D eigenvalue weighted by Crippen LogP contribution is -2.09. The van der Waals surface area contributed by atoms with Gasteiger partial charge in [0.1, 0.15) is 11.5 Å². The van der Waals surface area contributed by atoms with Crippen molar-refractivity contribution < 1.29 is 13.9 Å². The molecule has 0 aliphatic heterocycles. The number of hydrogen-bond donors (Lipinski definition) is 1. The maximum Gasteiger partial charge on any atom is 0.340 e. The molecule has 0 unspecified atom stereocenters. The highest BCUT2D eigenvalue weighted by Crippen LogP contribution is 2.18. The number of rotatable bonds is 5. The molecular formula is C15H17NO3. The number of benzene rings is 1. The topological polar surface area (TPSA) is 51.5 Å². The lowest BCUT2D eigenvalue weighted by atomic mass is 10.2. The van der Waals surface area contributed by atoms with E-state index in [4.69, 9.17) is 9.15 Å². The maximum atomic E-state index is 11.8. The predicted octanol–water partition coefficient (Wildman–Crippen LogP) is 3.38. The maximum absolute atomic E-state index is 11.8. The Balaban J connectivity index is 2.09. The Morgan fingerprint density at radius 3 is 2.74 bits per heavy atom. The third-order valence-electron chi connectivity index (χ3n) is 2.67. The van der Waals surface area contributed by atoms with E-state index in [0.717, 1.165) is 17.2 Å². The van der Waals surface area contributed by atoms with Gasteiger partial charge in [-0.25, -0.2) is 4.79 Å². The number of para-hydroxylation sites is 1. The molecule has 1 N–H and O–H groups in total. The average molecular weight is 259 g/mol. The van der Waals surface area contributed by atoms with Crippen LogP contribution < -0.4 is 5.32 Å². The molecule has 0 fully saturated rings. The van der Waals surface area contributed by atoms with Crippen molar-refractivity contribution in [1.29, 1.82) is 0 Å². The van der Waals surface area contributed by atoms with Gasteiger partial charge in [0.15, 0.2) is 0 Å². The van der Waals surface area contributed by atoms with E-state index in [9.17, 15) is 4.79 Å². The van der Waals surface area contributed by atoms with E-state index in [2.05, 4.69) is 5.32 Å². The van der Waals surface area contributed by atoms with E-state index >= 15 is 0 Å². The number of ether oxygens (including phenoxy) is 1. The number of furan rings is 1. The molecule has 1 aromatic heterocycles. The van der Waals surface area contributed by atoms with Crippen molar-refractivity contribution in [3.8, 4) is 0 Å². The minimum absolute atomic E-state index is 0.318. The number of hydrogen-bond acceptors (Lipinski definition) is 4. The van der Waals surface area contributed by atoms with Crippen molar-refractivity contribution in [3.05, 3.63) is 53.5 Å². The fourth-order valence-corrected chi connectivity index (χ4v) is 1.79. The Kier molecular flexibility index (Phi) is 4.23. The van der Waals surface area contributed by atoms with Gasteiger partial charge in [-0.15, -0.1) is 0 Å². The van der Waals surface area contributed by atoms with Crippen LogP contribution in [0.15, 0.2) is 40.8 Å². The summed E-state index contributed by atoms with van der Waals surface area (Å²) in [7, 11) is 0. The van der Waals surface area contributed by atoms with E-state index in [0.29, 0.717) is 18.7 Å². The lowest BCUT2D eigenvalue weighted by molar-refractivity contribution is 0.0527. The summed E-state index contributed by atoms with van der Waals surface area (Å²) in [5, 5.41) is 3.19. The molecule has 2 rings (SSSR count). The van der Waals surface area contributed by atoms with Gasteiger partial charge in [-0.05, 0) is 38.1 Å². The van der Waals surface area contributed by atoms with Gasteiger partial charge < -0.3 is 14.5 Å². The van der Waals surface area contributed by atoms with Gasteiger partial charge in [0.2, 0.25) is 0 Å². The molecule has 1 heterocycles. The molecule has 19 heavy (non-hydrogen) atoms. The number of aryl methyl sites for hydroxylation is 1. The second kappa shape index (κ2) is 6.09. The second-order valence-corrected chi connectivity index (χ2v) is 4.13. The number of nitrogens with one attached hydrogen (secondary N) is 1. The molecule has 4 nitrogen and oxygen atoms in total. The molecule has 2 aromatic rings. The highest BCUT2D eigenvalue weighted by molar-refractivity contribution is 5.95. The van der Waals surface area contributed by atoms with Crippen molar-refractivity contribution >= 4 is 11.7 Å². The number of esters is 1. The summed E-state index contributed by atoms with van der Waals surface area (Å²) in [4.78, 5) is 11.8. The molecule has 0 saturated heterocycles. The monoisotopic (exact) mass is 259 g/mol. The van der Waals surface area contributed by atoms with Crippen LogP contribution in [0.1, 0.15) is 28.8 Å². The average Bonchev–Trinajstić information content (AvgIpc) is 2.83. The fraction of sp³-hybridized carbons (Fsp3) is 0.267. The van der Waals surface area contributed by atoms with Crippen molar-refractivity contribution in [1.82, 2.24) is 0 Å². The van der Waals surface area contributed by atoms with Crippen LogP contribution >= 0.6 is 0 Å². The minimum atomic E-state index is -0.318. The molecular weight excluding hydrogens is 242 g/mol. The molecule has 0 saturated carbocycles. The summed E-state index contributed by atoms with van der Waals surface area (Å²) in [5.41, 5.74) is 1.28. The smallest absolute Gasteiger partial charge is 0.340 e. The number of anilines is 1. The Bertz CT molecular complexity index is 560. The van der Waals surface area contributed by atoms with E-state index in [1.54, 1.807) is 13.0 Å². The Hall–Kier alpha value is -2.23. The summed E-state index contributed by atoms with van der Waals surface area (Å²) in [6, 6.07) is 11.1. The van der Waals surface area contributed by atoms with Crippen molar-refractivity contribution in [2.75, 3.05) is 11.9 Å². The first-order valence-electron chi connectivity index (χ1n) is 6.26. The van der Waals surface area contributed by atoms with Crippen LogP contribution in [-0.4, -0.2) is 12.6 Å². The zero-order valence-electron chi connectivity index (χ0n) is 11.1. The molecule has 0 atom stereocenters. The summed E-state index contributed by atoms with van der Waals surface area (Å²) in [5.74, 6) is 1.38. The van der Waals surface area contributed by atoms with Gasteiger partial charge in [-0.3, -0.25) is 0 Å². The predicted molar refractivity (Wildman–Crippen MR) is 73.2 cm³/mol.